The molecule has 37 heavy (non-hydrogen) atoms. The molecule has 1 saturated heterocycles. The number of fused-ring (bicyclic) bond motifs is 1. The third kappa shape index (κ3) is 5.71. The molecule has 0 bridgehead atoms. The number of amides is 2. The molecule has 1 aromatic heterocycles. The van der Waals surface area contributed by atoms with E-state index in [9.17, 15) is 9.59 Å². The van der Waals surface area contributed by atoms with Gasteiger partial charge in [-0.1, -0.05) is 54.1 Å². The van der Waals surface area contributed by atoms with E-state index < -0.39 is 5.91 Å². The fraction of sp³-hybridized carbons (Fsp3) is 0.107. The van der Waals surface area contributed by atoms with Crippen molar-refractivity contribution in [2.45, 2.75) is 6.42 Å². The number of amidine groups is 1. The number of primary amides is 1. The van der Waals surface area contributed by atoms with Crippen LogP contribution < -0.4 is 10.5 Å². The Morgan fingerprint density at radius 1 is 1.11 bits per heavy atom. The first-order chi connectivity index (χ1) is 18.0. The first kappa shape index (κ1) is 24.7. The lowest BCUT2D eigenvalue weighted by atomic mass is 10.1. The number of carbonyl (C=O) groups excluding carboxylic acids is 2. The fourth-order valence-corrected chi connectivity index (χ4v) is 5.26. The van der Waals surface area contributed by atoms with Crippen LogP contribution in [0.3, 0.4) is 0 Å². The van der Waals surface area contributed by atoms with E-state index in [1.165, 1.54) is 11.8 Å². The van der Waals surface area contributed by atoms with Gasteiger partial charge < -0.3 is 15.5 Å². The molecule has 4 aromatic rings. The number of hydrogen-bond acceptors (Lipinski definition) is 5. The number of rotatable bonds is 8. The van der Waals surface area contributed by atoms with Crippen LogP contribution in [0.2, 0.25) is 5.02 Å². The summed E-state index contributed by atoms with van der Waals surface area (Å²) in [5, 5.41) is 2.09. The molecular weight excluding hydrogens is 508 g/mol. The molecule has 1 aliphatic heterocycles. The number of nitrogens with zero attached hydrogens (tertiary/aromatic N) is 2. The number of halogens is 1. The summed E-state index contributed by atoms with van der Waals surface area (Å²) in [5.41, 5.74) is 8.84. The van der Waals surface area contributed by atoms with Crippen LogP contribution in [0, 0.1) is 0 Å². The highest BCUT2D eigenvalue weighted by Crippen LogP contribution is 2.35. The van der Waals surface area contributed by atoms with Crippen molar-refractivity contribution in [3.8, 4) is 5.75 Å². The van der Waals surface area contributed by atoms with Gasteiger partial charge in [-0.25, -0.2) is 4.99 Å². The number of thioether (sulfide) groups is 1. The van der Waals surface area contributed by atoms with E-state index in [1.54, 1.807) is 29.2 Å². The highest BCUT2D eigenvalue weighted by molar-refractivity contribution is 8.18. The van der Waals surface area contributed by atoms with Crippen LogP contribution in [0.1, 0.15) is 11.1 Å². The number of aromatic amines is 1. The SMILES string of the molecule is NC(=O)COc1ccc(C=C2SC(=Nc3ccccc3)N(CCc3c[nH]c4ccccc34)C2=O)cc1Cl. The van der Waals surface area contributed by atoms with E-state index in [1.807, 2.05) is 54.7 Å². The molecule has 0 unspecified atom stereocenters. The Hall–Kier alpha value is -4.01. The van der Waals surface area contributed by atoms with Gasteiger partial charge in [0.2, 0.25) is 0 Å². The van der Waals surface area contributed by atoms with Crippen LogP contribution in [-0.2, 0) is 16.0 Å². The van der Waals surface area contributed by atoms with E-state index in [0.717, 1.165) is 27.7 Å². The summed E-state index contributed by atoms with van der Waals surface area (Å²) in [6.07, 6.45) is 4.45. The maximum Gasteiger partial charge on any atom is 0.266 e. The smallest absolute Gasteiger partial charge is 0.266 e. The van der Waals surface area contributed by atoms with Crippen molar-refractivity contribution in [2.24, 2.45) is 10.7 Å². The molecule has 5 rings (SSSR count). The third-order valence-electron chi connectivity index (χ3n) is 5.77. The summed E-state index contributed by atoms with van der Waals surface area (Å²) < 4.78 is 5.31. The predicted octanol–water partition coefficient (Wildman–Crippen LogP) is 5.53. The largest absolute Gasteiger partial charge is 0.482 e. The van der Waals surface area contributed by atoms with E-state index in [0.29, 0.717) is 33.8 Å². The number of hydrogen-bond donors (Lipinski definition) is 2. The maximum atomic E-state index is 13.5. The Balaban J connectivity index is 1.41. The number of benzene rings is 3. The minimum Gasteiger partial charge on any atom is -0.482 e. The number of para-hydroxylation sites is 2. The average Bonchev–Trinajstić information content (AvgIpc) is 3.43. The number of aromatic nitrogens is 1. The molecule has 2 heterocycles. The van der Waals surface area contributed by atoms with E-state index in [4.69, 9.17) is 27.1 Å². The van der Waals surface area contributed by atoms with Crippen LogP contribution in [0.4, 0.5) is 5.69 Å². The van der Waals surface area contributed by atoms with Gasteiger partial charge in [0, 0.05) is 23.6 Å². The molecule has 0 atom stereocenters. The molecule has 1 aliphatic rings. The fourth-order valence-electron chi connectivity index (χ4n) is 4.00. The van der Waals surface area contributed by atoms with Gasteiger partial charge in [0.25, 0.3) is 11.8 Å². The van der Waals surface area contributed by atoms with Crippen molar-refractivity contribution in [1.29, 1.82) is 0 Å². The summed E-state index contributed by atoms with van der Waals surface area (Å²) in [5.74, 6) is -0.363. The second-order valence-electron chi connectivity index (χ2n) is 8.35. The Labute approximate surface area is 223 Å². The first-order valence-electron chi connectivity index (χ1n) is 11.6. The number of H-pyrrole nitrogens is 1. The first-order valence-corrected chi connectivity index (χ1v) is 12.8. The monoisotopic (exact) mass is 530 g/mol. The van der Waals surface area contributed by atoms with Crippen LogP contribution in [0.25, 0.3) is 17.0 Å². The normalized spacial score (nSPS) is 15.7. The topological polar surface area (TPSA) is 101 Å². The minimum absolute atomic E-state index is 0.121. The van der Waals surface area contributed by atoms with Crippen molar-refractivity contribution in [3.05, 3.63) is 100 Å². The van der Waals surface area contributed by atoms with E-state index >= 15 is 0 Å². The number of nitrogens with one attached hydrogen (secondary N) is 1. The zero-order valence-electron chi connectivity index (χ0n) is 19.7. The Morgan fingerprint density at radius 3 is 2.68 bits per heavy atom. The zero-order valence-corrected chi connectivity index (χ0v) is 21.3. The summed E-state index contributed by atoms with van der Waals surface area (Å²) in [6, 6.07) is 22.8. The van der Waals surface area contributed by atoms with Crippen LogP contribution in [0.15, 0.2) is 88.9 Å². The second-order valence-corrected chi connectivity index (χ2v) is 9.77. The highest BCUT2D eigenvalue weighted by atomic mass is 35.5. The summed E-state index contributed by atoms with van der Waals surface area (Å²) >= 11 is 7.64. The van der Waals surface area contributed by atoms with E-state index in [-0.39, 0.29) is 12.5 Å². The molecule has 0 aliphatic carbocycles. The summed E-state index contributed by atoms with van der Waals surface area (Å²) in [4.78, 5) is 34.8. The lowest BCUT2D eigenvalue weighted by Gasteiger charge is -2.15. The molecule has 0 saturated carbocycles. The van der Waals surface area contributed by atoms with Crippen LogP contribution in [0.5, 0.6) is 5.75 Å². The van der Waals surface area contributed by atoms with Gasteiger partial charge in [0.15, 0.2) is 11.8 Å². The average molecular weight is 531 g/mol. The third-order valence-corrected chi connectivity index (χ3v) is 7.07. The number of ether oxygens (including phenoxy) is 1. The minimum atomic E-state index is -0.590. The van der Waals surface area contributed by atoms with Gasteiger partial charge in [-0.3, -0.25) is 14.5 Å². The van der Waals surface area contributed by atoms with Crippen molar-refractivity contribution in [2.75, 3.05) is 13.2 Å². The van der Waals surface area contributed by atoms with Gasteiger partial charge in [0.1, 0.15) is 5.75 Å². The lowest BCUT2D eigenvalue weighted by Crippen LogP contribution is -2.31. The second kappa shape index (κ2) is 10.9. The zero-order chi connectivity index (χ0) is 25.8. The van der Waals surface area contributed by atoms with E-state index in [2.05, 4.69) is 11.1 Å². The molecule has 3 aromatic carbocycles. The molecular formula is C28H23ClN4O3S. The highest BCUT2D eigenvalue weighted by Gasteiger charge is 2.33. The number of aliphatic imine (C=N–C) groups is 1. The molecule has 2 amide bonds. The molecule has 186 valence electrons. The van der Waals surface area contributed by atoms with Crippen molar-refractivity contribution < 1.29 is 14.3 Å². The Kier molecular flexibility index (Phi) is 7.30. The molecule has 0 radical (unpaired) electrons. The molecule has 3 N–H and O–H groups in total. The van der Waals surface area contributed by atoms with Crippen LogP contribution >= 0.6 is 23.4 Å². The molecule has 0 spiro atoms. The van der Waals surface area contributed by atoms with Gasteiger partial charge in [0.05, 0.1) is 15.6 Å². The van der Waals surface area contributed by atoms with Gasteiger partial charge in [-0.05, 0) is 65.7 Å². The van der Waals surface area contributed by atoms with Crippen LogP contribution in [-0.4, -0.2) is 40.0 Å². The number of carbonyl (C=O) groups is 2. The maximum absolute atomic E-state index is 13.5. The molecule has 1 fully saturated rings. The lowest BCUT2D eigenvalue weighted by molar-refractivity contribution is -0.122. The molecule has 7 nitrogen and oxygen atoms in total. The number of nitrogens with two attached hydrogens (primary N) is 1. The quantitative estimate of drug-likeness (QED) is 0.292. The van der Waals surface area contributed by atoms with Crippen molar-refractivity contribution in [3.63, 3.8) is 0 Å². The van der Waals surface area contributed by atoms with Gasteiger partial charge >= 0.3 is 0 Å². The molecule has 9 heteroatoms. The Morgan fingerprint density at radius 2 is 1.89 bits per heavy atom. The van der Waals surface area contributed by atoms with Crippen molar-refractivity contribution >= 4 is 63.0 Å². The standard InChI is InChI=1S/C28H23ClN4O3S/c29-22-14-18(10-11-24(22)36-17-26(30)34)15-25-27(35)33(28(37-25)32-20-6-2-1-3-7-20)13-12-19-16-31-23-9-5-4-8-21(19)23/h1-11,14-16,31H,12-13,17H2,(H2,30,34). The predicted molar refractivity (Wildman–Crippen MR) is 149 cm³/mol. The summed E-state index contributed by atoms with van der Waals surface area (Å²) in [7, 11) is 0. The summed E-state index contributed by atoms with van der Waals surface area (Å²) in [6.45, 7) is 0.219. The Bertz CT molecular complexity index is 1530. The van der Waals surface area contributed by atoms with Gasteiger partial charge in [-0.2, -0.15) is 0 Å². The van der Waals surface area contributed by atoms with Crippen molar-refractivity contribution in [1.82, 2.24) is 9.88 Å². The van der Waals surface area contributed by atoms with Gasteiger partial charge in [-0.15, -0.1) is 0 Å².